The summed E-state index contributed by atoms with van der Waals surface area (Å²) in [5.74, 6) is 0.211. The van der Waals surface area contributed by atoms with Gasteiger partial charge in [-0.3, -0.25) is 9.36 Å². The van der Waals surface area contributed by atoms with Crippen LogP contribution in [0.3, 0.4) is 0 Å². The molecule has 2 heterocycles. The molecule has 0 amide bonds. The number of hydrogen-bond donors (Lipinski definition) is 0. The van der Waals surface area contributed by atoms with Crippen LogP contribution in [0.25, 0.3) is 6.08 Å². The van der Waals surface area contributed by atoms with Crippen LogP contribution < -0.4 is 29.1 Å². The molecule has 1 aliphatic rings. The maximum absolute atomic E-state index is 13.9. The maximum Gasteiger partial charge on any atom is 0.343 e. The summed E-state index contributed by atoms with van der Waals surface area (Å²) in [5, 5.41) is 0. The fraction of sp³-hybridized carbons (Fsp3) is 0.310. The Bertz CT molecular complexity index is 1690. The van der Waals surface area contributed by atoms with Crippen LogP contribution in [0.4, 0.5) is 0 Å². The van der Waals surface area contributed by atoms with E-state index in [0.29, 0.717) is 44.4 Å². The lowest BCUT2D eigenvalue weighted by molar-refractivity contribution is -0.143. The SMILES string of the molecule is CCOC(=O)C1=C(C)N=c2s/c(=C\c3ccc(OC)c(Br)c3)c(=O)n2[C@H]1c1ccc(OCC(=O)OC)c(OCC)c1. The highest BCUT2D eigenvalue weighted by Crippen LogP contribution is 2.36. The number of aromatic nitrogens is 1. The summed E-state index contributed by atoms with van der Waals surface area (Å²) in [6, 6.07) is 9.70. The molecule has 0 radical (unpaired) electrons. The molecule has 1 aliphatic heterocycles. The van der Waals surface area contributed by atoms with Crippen LogP contribution in [0.5, 0.6) is 17.2 Å². The van der Waals surface area contributed by atoms with Crippen molar-refractivity contribution in [1.29, 1.82) is 0 Å². The van der Waals surface area contributed by atoms with E-state index in [1.807, 2.05) is 19.1 Å². The molecule has 0 fully saturated rings. The fourth-order valence-electron chi connectivity index (χ4n) is 4.31. The minimum Gasteiger partial charge on any atom is -0.496 e. The summed E-state index contributed by atoms with van der Waals surface area (Å²) in [7, 11) is 2.85. The molecule has 0 N–H and O–H groups in total. The maximum atomic E-state index is 13.9. The van der Waals surface area contributed by atoms with Crippen LogP contribution in [0, 0.1) is 0 Å². The quantitative estimate of drug-likeness (QED) is 0.308. The van der Waals surface area contributed by atoms with Crippen molar-refractivity contribution < 1.29 is 33.3 Å². The predicted octanol–water partition coefficient (Wildman–Crippen LogP) is 3.52. The summed E-state index contributed by atoms with van der Waals surface area (Å²) in [4.78, 5) is 43.8. The molecular weight excluding hydrogens is 616 g/mol. The van der Waals surface area contributed by atoms with Crippen molar-refractivity contribution >= 4 is 45.3 Å². The normalized spacial score (nSPS) is 14.7. The summed E-state index contributed by atoms with van der Waals surface area (Å²) < 4.78 is 29.4. The van der Waals surface area contributed by atoms with E-state index >= 15 is 0 Å². The Hall–Kier alpha value is -3.90. The number of halogens is 1. The molecule has 0 spiro atoms. The second-order valence-corrected chi connectivity index (χ2v) is 10.6. The number of esters is 2. The van der Waals surface area contributed by atoms with Gasteiger partial charge in [-0.15, -0.1) is 0 Å². The van der Waals surface area contributed by atoms with Gasteiger partial charge in [0.15, 0.2) is 22.9 Å². The number of thiazole rings is 1. The summed E-state index contributed by atoms with van der Waals surface area (Å²) >= 11 is 4.70. The molecule has 0 saturated carbocycles. The van der Waals surface area contributed by atoms with Crippen molar-refractivity contribution in [3.63, 3.8) is 0 Å². The van der Waals surface area contributed by atoms with Crippen molar-refractivity contribution in [3.8, 4) is 17.2 Å². The van der Waals surface area contributed by atoms with E-state index in [4.69, 9.17) is 18.9 Å². The number of nitrogens with zero attached hydrogens (tertiary/aromatic N) is 2. The lowest BCUT2D eigenvalue weighted by Gasteiger charge is -2.25. The van der Waals surface area contributed by atoms with Gasteiger partial charge >= 0.3 is 11.9 Å². The first-order valence-electron chi connectivity index (χ1n) is 12.7. The Morgan fingerprint density at radius 1 is 1.05 bits per heavy atom. The van der Waals surface area contributed by atoms with Crippen molar-refractivity contribution in [1.82, 2.24) is 4.57 Å². The second kappa shape index (κ2) is 13.2. The van der Waals surface area contributed by atoms with Crippen LogP contribution in [0.2, 0.25) is 0 Å². The third-order valence-electron chi connectivity index (χ3n) is 6.15. The van der Waals surface area contributed by atoms with Crippen LogP contribution >= 0.6 is 27.3 Å². The van der Waals surface area contributed by atoms with Gasteiger partial charge in [-0.05, 0) is 78.2 Å². The van der Waals surface area contributed by atoms with E-state index in [1.54, 1.807) is 51.3 Å². The van der Waals surface area contributed by atoms with E-state index < -0.39 is 18.0 Å². The van der Waals surface area contributed by atoms with Crippen molar-refractivity contribution in [3.05, 3.63) is 83.0 Å². The van der Waals surface area contributed by atoms with Gasteiger partial charge in [0.2, 0.25) is 0 Å². The largest absolute Gasteiger partial charge is 0.496 e. The number of rotatable bonds is 10. The molecule has 0 bridgehead atoms. The first-order chi connectivity index (χ1) is 19.7. The number of benzene rings is 2. The van der Waals surface area contributed by atoms with Crippen LogP contribution in [-0.4, -0.2) is 50.5 Å². The van der Waals surface area contributed by atoms with E-state index in [2.05, 4.69) is 25.7 Å². The molecule has 12 heteroatoms. The number of allylic oxidation sites excluding steroid dienone is 1. The van der Waals surface area contributed by atoms with Gasteiger partial charge in [-0.1, -0.05) is 23.5 Å². The van der Waals surface area contributed by atoms with Crippen LogP contribution in [0.1, 0.15) is 37.9 Å². The monoisotopic (exact) mass is 644 g/mol. The molecule has 216 valence electrons. The molecule has 0 saturated heterocycles. The Labute approximate surface area is 248 Å². The third-order valence-corrected chi connectivity index (χ3v) is 7.75. The molecule has 2 aromatic carbocycles. The smallest absolute Gasteiger partial charge is 0.343 e. The van der Waals surface area contributed by atoms with Gasteiger partial charge in [0, 0.05) is 0 Å². The average Bonchev–Trinajstić information content (AvgIpc) is 3.25. The number of hydrogen-bond acceptors (Lipinski definition) is 10. The Kier molecular flexibility index (Phi) is 9.66. The zero-order valence-electron chi connectivity index (χ0n) is 23.2. The second-order valence-electron chi connectivity index (χ2n) is 8.70. The fourth-order valence-corrected chi connectivity index (χ4v) is 5.91. The van der Waals surface area contributed by atoms with E-state index in [-0.39, 0.29) is 24.3 Å². The number of fused-ring (bicyclic) bond motifs is 1. The van der Waals surface area contributed by atoms with Gasteiger partial charge in [-0.25, -0.2) is 14.6 Å². The molecule has 0 unspecified atom stereocenters. The lowest BCUT2D eigenvalue weighted by Crippen LogP contribution is -2.40. The van der Waals surface area contributed by atoms with E-state index in [0.717, 1.165) is 10.0 Å². The Morgan fingerprint density at radius 3 is 2.46 bits per heavy atom. The van der Waals surface area contributed by atoms with Crippen LogP contribution in [0.15, 0.2) is 61.9 Å². The molecule has 0 aliphatic carbocycles. The molecule has 1 atom stereocenters. The standard InChI is InChI=1S/C29H29BrN2O8S/c1-6-38-22-14-18(9-11-21(22)40-15-24(33)37-5)26-25(28(35)39-7-2)16(3)31-29-32(26)27(34)23(41-29)13-17-8-10-20(36-4)19(30)12-17/h8-14,26H,6-7,15H2,1-5H3/b23-13-/t26-/m0/s1. The Morgan fingerprint density at radius 2 is 1.80 bits per heavy atom. The van der Waals surface area contributed by atoms with E-state index in [9.17, 15) is 14.4 Å². The van der Waals surface area contributed by atoms with Gasteiger partial charge < -0.3 is 23.7 Å². The average molecular weight is 646 g/mol. The third kappa shape index (κ3) is 6.38. The molecular formula is C29H29BrN2O8S. The predicted molar refractivity (Wildman–Crippen MR) is 156 cm³/mol. The van der Waals surface area contributed by atoms with Crippen LogP contribution in [-0.2, 0) is 19.1 Å². The minimum atomic E-state index is -0.844. The van der Waals surface area contributed by atoms with Gasteiger partial charge in [0.05, 0.1) is 53.8 Å². The van der Waals surface area contributed by atoms with Crippen molar-refractivity contribution in [2.45, 2.75) is 26.8 Å². The molecule has 4 rings (SSSR count). The summed E-state index contributed by atoms with van der Waals surface area (Å²) in [5.41, 5.74) is 1.73. The summed E-state index contributed by atoms with van der Waals surface area (Å²) in [6.07, 6.45) is 1.77. The van der Waals surface area contributed by atoms with Crippen molar-refractivity contribution in [2.24, 2.45) is 4.99 Å². The lowest BCUT2D eigenvalue weighted by atomic mass is 9.95. The Balaban J connectivity index is 1.89. The minimum absolute atomic E-state index is 0.156. The first-order valence-corrected chi connectivity index (χ1v) is 14.3. The molecule has 41 heavy (non-hydrogen) atoms. The number of methoxy groups -OCH3 is 2. The topological polar surface area (TPSA) is 115 Å². The van der Waals surface area contributed by atoms with Crippen molar-refractivity contribution in [2.75, 3.05) is 34.0 Å². The zero-order chi connectivity index (χ0) is 29.7. The number of carbonyl (C=O) groups excluding carboxylic acids is 2. The van der Waals surface area contributed by atoms with Gasteiger partial charge in [-0.2, -0.15) is 0 Å². The van der Waals surface area contributed by atoms with Gasteiger partial charge in [0.25, 0.3) is 5.56 Å². The molecule has 1 aromatic heterocycles. The zero-order valence-corrected chi connectivity index (χ0v) is 25.6. The van der Waals surface area contributed by atoms with Gasteiger partial charge in [0.1, 0.15) is 5.75 Å². The summed E-state index contributed by atoms with van der Waals surface area (Å²) in [6.45, 7) is 5.41. The van der Waals surface area contributed by atoms with E-state index in [1.165, 1.54) is 23.0 Å². The molecule has 3 aromatic rings. The highest BCUT2D eigenvalue weighted by molar-refractivity contribution is 9.10. The number of carbonyl (C=O) groups is 2. The first kappa shape index (κ1) is 30.1. The highest BCUT2D eigenvalue weighted by atomic mass is 79.9. The molecule has 10 nitrogen and oxygen atoms in total. The highest BCUT2D eigenvalue weighted by Gasteiger charge is 2.34. The number of ether oxygens (including phenoxy) is 5.